The van der Waals surface area contributed by atoms with Gasteiger partial charge in [-0.05, 0) is 43.9 Å². The van der Waals surface area contributed by atoms with E-state index in [9.17, 15) is 4.79 Å². The molecule has 4 unspecified atom stereocenters. The average molecular weight is 282 g/mol. The maximum absolute atomic E-state index is 12.4. The fourth-order valence-corrected chi connectivity index (χ4v) is 3.70. The van der Waals surface area contributed by atoms with Crippen LogP contribution in [0.2, 0.25) is 0 Å². The smallest absolute Gasteiger partial charge is 0.237 e. The van der Waals surface area contributed by atoms with Gasteiger partial charge in [-0.3, -0.25) is 4.79 Å². The van der Waals surface area contributed by atoms with E-state index in [2.05, 4.69) is 24.5 Å². The summed E-state index contributed by atoms with van der Waals surface area (Å²) in [5.74, 6) is 1.27. The van der Waals surface area contributed by atoms with Gasteiger partial charge >= 0.3 is 0 Å². The third kappa shape index (κ3) is 3.95. The van der Waals surface area contributed by atoms with Crippen LogP contribution in [0.1, 0.15) is 58.8 Å². The van der Waals surface area contributed by atoms with Gasteiger partial charge in [-0.1, -0.05) is 26.7 Å². The Labute approximate surface area is 122 Å². The van der Waals surface area contributed by atoms with Crippen molar-refractivity contribution >= 4 is 5.91 Å². The molecule has 1 saturated heterocycles. The van der Waals surface area contributed by atoms with Gasteiger partial charge in [0, 0.05) is 18.7 Å². The highest BCUT2D eigenvalue weighted by Gasteiger charge is 2.34. The lowest BCUT2D eigenvalue weighted by atomic mass is 9.77. The van der Waals surface area contributed by atoms with E-state index in [1.807, 2.05) is 0 Å². The molecule has 0 spiro atoms. The van der Waals surface area contributed by atoms with Gasteiger partial charge in [-0.2, -0.15) is 0 Å². The molecule has 0 bridgehead atoms. The third-order valence-electron chi connectivity index (χ3n) is 5.04. The summed E-state index contributed by atoms with van der Waals surface area (Å²) in [6, 6.07) is 0.594. The Kier molecular flexibility index (Phi) is 5.85. The van der Waals surface area contributed by atoms with Gasteiger partial charge in [0.15, 0.2) is 0 Å². The molecule has 2 fully saturated rings. The topological polar surface area (TPSA) is 61.4 Å². The second-order valence-corrected chi connectivity index (χ2v) is 6.82. The number of carbonyl (C=O) groups is 1. The molecule has 0 radical (unpaired) electrons. The zero-order valence-corrected chi connectivity index (χ0v) is 12.9. The van der Waals surface area contributed by atoms with Crippen LogP contribution in [0.3, 0.4) is 0 Å². The second kappa shape index (κ2) is 7.41. The van der Waals surface area contributed by atoms with Crippen LogP contribution in [0.15, 0.2) is 0 Å². The van der Waals surface area contributed by atoms with E-state index in [1.54, 1.807) is 0 Å². The van der Waals surface area contributed by atoms with E-state index in [4.69, 9.17) is 5.11 Å². The summed E-state index contributed by atoms with van der Waals surface area (Å²) in [6.45, 7) is 4.31. The quantitative estimate of drug-likeness (QED) is 0.721. The first kappa shape index (κ1) is 15.8. The van der Waals surface area contributed by atoms with Crippen molar-refractivity contribution in [1.29, 1.82) is 0 Å². The molecule has 4 heteroatoms. The van der Waals surface area contributed by atoms with Gasteiger partial charge in [0.1, 0.15) is 0 Å². The number of amides is 1. The fourth-order valence-electron chi connectivity index (χ4n) is 3.70. The number of aliphatic hydroxyl groups is 1. The summed E-state index contributed by atoms with van der Waals surface area (Å²) in [6.07, 6.45) is 7.97. The van der Waals surface area contributed by atoms with Crippen LogP contribution in [0, 0.1) is 11.8 Å². The first-order valence-electron chi connectivity index (χ1n) is 8.29. The van der Waals surface area contributed by atoms with Gasteiger partial charge in [0.25, 0.3) is 0 Å². The molecule has 1 aliphatic heterocycles. The van der Waals surface area contributed by atoms with Crippen molar-refractivity contribution in [2.24, 2.45) is 11.8 Å². The maximum atomic E-state index is 12.4. The Bertz CT molecular complexity index is 320. The molecule has 4 nitrogen and oxygen atoms in total. The van der Waals surface area contributed by atoms with Gasteiger partial charge in [-0.15, -0.1) is 0 Å². The molecule has 4 atom stereocenters. The molecule has 2 rings (SSSR count). The lowest BCUT2D eigenvalue weighted by Gasteiger charge is -2.40. The van der Waals surface area contributed by atoms with E-state index in [-0.39, 0.29) is 24.6 Å². The molecule has 1 aliphatic carbocycles. The second-order valence-electron chi connectivity index (χ2n) is 6.82. The number of nitrogens with one attached hydrogen (secondary N) is 2. The van der Waals surface area contributed by atoms with Crippen molar-refractivity contribution in [3.63, 3.8) is 0 Å². The third-order valence-corrected chi connectivity index (χ3v) is 5.04. The molecule has 2 aliphatic rings. The summed E-state index contributed by atoms with van der Waals surface area (Å²) >= 11 is 0. The Hall–Kier alpha value is -0.610. The standard InChI is InChI=1S/C16H30N2O2/c1-11(2)13(9-10-19)18-16(20)15-8-7-12-5-3-4-6-14(12)17-15/h11-15,17,19H,3-10H2,1-2H3,(H,18,20). The maximum Gasteiger partial charge on any atom is 0.237 e. The van der Waals surface area contributed by atoms with Crippen LogP contribution >= 0.6 is 0 Å². The molecule has 1 amide bonds. The Balaban J connectivity index is 1.86. The van der Waals surface area contributed by atoms with Gasteiger partial charge in [-0.25, -0.2) is 0 Å². The van der Waals surface area contributed by atoms with E-state index in [1.165, 1.54) is 32.1 Å². The number of rotatable bonds is 5. The van der Waals surface area contributed by atoms with Crippen LogP contribution < -0.4 is 10.6 Å². The normalized spacial score (nSPS) is 31.7. The SMILES string of the molecule is CC(C)C(CCO)NC(=O)C1CCC2CCCCC2N1. The molecule has 3 N–H and O–H groups in total. The fraction of sp³-hybridized carbons (Fsp3) is 0.938. The van der Waals surface area contributed by atoms with E-state index >= 15 is 0 Å². The first-order chi connectivity index (χ1) is 9.61. The van der Waals surface area contributed by atoms with E-state index < -0.39 is 0 Å². The highest BCUT2D eigenvalue weighted by Crippen LogP contribution is 2.32. The molecule has 20 heavy (non-hydrogen) atoms. The highest BCUT2D eigenvalue weighted by atomic mass is 16.3. The predicted octanol–water partition coefficient (Wildman–Crippen LogP) is 1.82. The largest absolute Gasteiger partial charge is 0.396 e. The first-order valence-corrected chi connectivity index (χ1v) is 8.29. The molecule has 1 saturated carbocycles. The van der Waals surface area contributed by atoms with E-state index in [0.29, 0.717) is 18.4 Å². The Morgan fingerprint density at radius 3 is 2.70 bits per heavy atom. The Morgan fingerprint density at radius 1 is 1.25 bits per heavy atom. The molecular weight excluding hydrogens is 252 g/mol. The minimum Gasteiger partial charge on any atom is -0.396 e. The monoisotopic (exact) mass is 282 g/mol. The van der Waals surface area contributed by atoms with Crippen LogP contribution in [0.4, 0.5) is 0 Å². The number of aliphatic hydroxyl groups excluding tert-OH is 1. The van der Waals surface area contributed by atoms with Crippen molar-refractivity contribution in [3.05, 3.63) is 0 Å². The molecule has 0 aromatic heterocycles. The van der Waals surface area contributed by atoms with Crippen molar-refractivity contribution in [3.8, 4) is 0 Å². The minimum absolute atomic E-state index is 0.0331. The van der Waals surface area contributed by atoms with Crippen molar-refractivity contribution in [2.75, 3.05) is 6.61 Å². The highest BCUT2D eigenvalue weighted by molar-refractivity contribution is 5.82. The van der Waals surface area contributed by atoms with Crippen LogP contribution in [0.25, 0.3) is 0 Å². The number of hydrogen-bond acceptors (Lipinski definition) is 3. The summed E-state index contributed by atoms with van der Waals surface area (Å²) in [7, 11) is 0. The van der Waals surface area contributed by atoms with Gasteiger partial charge in [0.05, 0.1) is 6.04 Å². The van der Waals surface area contributed by atoms with Crippen molar-refractivity contribution in [2.45, 2.75) is 76.9 Å². The molecule has 116 valence electrons. The summed E-state index contributed by atoms with van der Waals surface area (Å²) in [5.41, 5.74) is 0. The lowest BCUT2D eigenvalue weighted by molar-refractivity contribution is -0.125. The van der Waals surface area contributed by atoms with Crippen LogP contribution in [-0.4, -0.2) is 35.7 Å². The Morgan fingerprint density at radius 2 is 2.00 bits per heavy atom. The lowest BCUT2D eigenvalue weighted by Crippen LogP contribution is -2.56. The van der Waals surface area contributed by atoms with Gasteiger partial charge in [0.2, 0.25) is 5.91 Å². The molecular formula is C16H30N2O2. The van der Waals surface area contributed by atoms with Crippen LogP contribution in [0.5, 0.6) is 0 Å². The zero-order valence-electron chi connectivity index (χ0n) is 12.9. The molecule has 0 aromatic rings. The van der Waals surface area contributed by atoms with Crippen LogP contribution in [-0.2, 0) is 4.79 Å². The number of hydrogen-bond donors (Lipinski definition) is 3. The van der Waals surface area contributed by atoms with Crippen molar-refractivity contribution < 1.29 is 9.90 Å². The number of fused-ring (bicyclic) bond motifs is 1. The molecule has 0 aromatic carbocycles. The minimum atomic E-state index is -0.0331. The average Bonchev–Trinajstić information content (AvgIpc) is 2.46. The zero-order chi connectivity index (χ0) is 14.5. The predicted molar refractivity (Wildman–Crippen MR) is 80.4 cm³/mol. The summed E-state index contributed by atoms with van der Waals surface area (Å²) in [5, 5.41) is 15.8. The summed E-state index contributed by atoms with van der Waals surface area (Å²) < 4.78 is 0. The van der Waals surface area contributed by atoms with E-state index in [0.717, 1.165) is 12.3 Å². The number of piperidine rings is 1. The van der Waals surface area contributed by atoms with Crippen molar-refractivity contribution in [1.82, 2.24) is 10.6 Å². The number of carbonyl (C=O) groups excluding carboxylic acids is 1. The summed E-state index contributed by atoms with van der Waals surface area (Å²) in [4.78, 5) is 12.4. The van der Waals surface area contributed by atoms with Gasteiger partial charge < -0.3 is 15.7 Å². The molecule has 1 heterocycles.